The van der Waals surface area contributed by atoms with E-state index in [1.54, 1.807) is 0 Å². The highest BCUT2D eigenvalue weighted by atomic mass is 16.5. The van der Waals surface area contributed by atoms with Gasteiger partial charge in [0.05, 0.1) is 18.2 Å². The maximum Gasteiger partial charge on any atom is 0.315 e. The molecule has 2 atom stereocenters. The zero-order chi connectivity index (χ0) is 13.0. The number of urea groups is 1. The first-order chi connectivity index (χ1) is 8.64. The predicted octanol–water partition coefficient (Wildman–Crippen LogP) is 1.02. The number of aliphatic hydroxyl groups excluding tert-OH is 1. The van der Waals surface area contributed by atoms with Crippen LogP contribution in [-0.2, 0) is 4.74 Å². The molecule has 1 saturated heterocycles. The van der Waals surface area contributed by atoms with E-state index in [-0.39, 0.29) is 12.6 Å². The Morgan fingerprint density at radius 3 is 2.78 bits per heavy atom. The van der Waals surface area contributed by atoms with E-state index in [1.165, 1.54) is 0 Å². The second kappa shape index (κ2) is 5.89. The third kappa shape index (κ3) is 3.59. The van der Waals surface area contributed by atoms with Gasteiger partial charge in [0.1, 0.15) is 0 Å². The summed E-state index contributed by atoms with van der Waals surface area (Å²) in [5, 5.41) is 15.1. The lowest BCUT2D eigenvalue weighted by Crippen LogP contribution is -2.54. The van der Waals surface area contributed by atoms with Gasteiger partial charge in [0.25, 0.3) is 0 Å². The summed E-state index contributed by atoms with van der Waals surface area (Å²) in [7, 11) is 0. The van der Waals surface area contributed by atoms with E-state index in [0.29, 0.717) is 18.6 Å². The van der Waals surface area contributed by atoms with Crippen molar-refractivity contribution in [2.24, 2.45) is 5.92 Å². The Bertz CT molecular complexity index is 288. The fraction of sp³-hybridized carbons (Fsp3) is 0.923. The SMILES string of the molecule is C[C@](CO)(NC(=O)NCC[C@H]1CCCO1)C1CC1. The standard InChI is InChI=1S/C13H24N2O3/c1-13(9-16,10-4-5-10)15-12(17)14-7-6-11-3-2-8-18-11/h10-11,16H,2-9H2,1H3,(H2,14,15,17)/t11-,13-/m1/s1. The maximum atomic E-state index is 11.7. The van der Waals surface area contributed by atoms with Crippen molar-refractivity contribution in [2.45, 2.75) is 50.7 Å². The first-order valence-corrected chi connectivity index (χ1v) is 6.92. The largest absolute Gasteiger partial charge is 0.394 e. The molecule has 104 valence electrons. The van der Waals surface area contributed by atoms with Gasteiger partial charge < -0.3 is 20.5 Å². The third-order valence-electron chi connectivity index (χ3n) is 3.98. The van der Waals surface area contributed by atoms with E-state index >= 15 is 0 Å². The molecule has 0 unspecified atom stereocenters. The Morgan fingerprint density at radius 1 is 1.44 bits per heavy atom. The molecule has 1 saturated carbocycles. The summed E-state index contributed by atoms with van der Waals surface area (Å²) < 4.78 is 5.49. The van der Waals surface area contributed by atoms with Crippen LogP contribution in [0.25, 0.3) is 0 Å². The molecule has 1 aliphatic carbocycles. The van der Waals surface area contributed by atoms with Crippen LogP contribution in [0.15, 0.2) is 0 Å². The van der Waals surface area contributed by atoms with E-state index < -0.39 is 5.54 Å². The number of hydrogen-bond donors (Lipinski definition) is 3. The molecule has 18 heavy (non-hydrogen) atoms. The van der Waals surface area contributed by atoms with Crippen LogP contribution in [0.1, 0.15) is 39.0 Å². The van der Waals surface area contributed by atoms with Crippen molar-refractivity contribution < 1.29 is 14.6 Å². The van der Waals surface area contributed by atoms with E-state index in [4.69, 9.17) is 4.74 Å². The lowest BCUT2D eigenvalue weighted by atomic mass is 9.97. The summed E-state index contributed by atoms with van der Waals surface area (Å²) in [4.78, 5) is 11.7. The zero-order valence-electron chi connectivity index (χ0n) is 11.1. The van der Waals surface area contributed by atoms with Gasteiger partial charge in [0, 0.05) is 13.2 Å². The number of ether oxygens (including phenoxy) is 1. The van der Waals surface area contributed by atoms with Crippen LogP contribution in [0.5, 0.6) is 0 Å². The van der Waals surface area contributed by atoms with Gasteiger partial charge in [-0.3, -0.25) is 0 Å². The third-order valence-corrected chi connectivity index (χ3v) is 3.98. The van der Waals surface area contributed by atoms with Gasteiger partial charge in [-0.05, 0) is 44.9 Å². The molecule has 0 spiro atoms. The molecule has 1 aliphatic heterocycles. The Kier molecular flexibility index (Phi) is 4.45. The number of rotatable bonds is 6. The summed E-state index contributed by atoms with van der Waals surface area (Å²) in [5.41, 5.74) is -0.464. The molecule has 2 fully saturated rings. The summed E-state index contributed by atoms with van der Waals surface area (Å²) in [6.45, 7) is 3.38. The second-order valence-electron chi connectivity index (χ2n) is 5.65. The van der Waals surface area contributed by atoms with Crippen molar-refractivity contribution in [3.8, 4) is 0 Å². The van der Waals surface area contributed by atoms with E-state index in [9.17, 15) is 9.90 Å². The van der Waals surface area contributed by atoms with Gasteiger partial charge >= 0.3 is 6.03 Å². The summed E-state index contributed by atoms with van der Waals surface area (Å²) >= 11 is 0. The Hall–Kier alpha value is -0.810. The number of carbonyl (C=O) groups excluding carboxylic acids is 1. The number of carbonyl (C=O) groups is 1. The van der Waals surface area contributed by atoms with Crippen molar-refractivity contribution in [1.82, 2.24) is 10.6 Å². The van der Waals surface area contributed by atoms with Crippen LogP contribution in [-0.4, -0.2) is 42.5 Å². The molecule has 0 aromatic heterocycles. The Labute approximate surface area is 108 Å². The van der Waals surface area contributed by atoms with Gasteiger partial charge in [-0.2, -0.15) is 0 Å². The number of hydrogen-bond acceptors (Lipinski definition) is 3. The normalized spacial score (nSPS) is 26.7. The molecule has 0 radical (unpaired) electrons. The minimum atomic E-state index is -0.464. The summed E-state index contributed by atoms with van der Waals surface area (Å²) in [6, 6.07) is -0.184. The fourth-order valence-corrected chi connectivity index (χ4v) is 2.51. The molecule has 1 heterocycles. The van der Waals surface area contributed by atoms with Gasteiger partial charge in [0.2, 0.25) is 0 Å². The molecule has 2 aliphatic rings. The monoisotopic (exact) mass is 256 g/mol. The molecule has 0 bridgehead atoms. The van der Waals surface area contributed by atoms with E-state index in [0.717, 1.165) is 38.7 Å². The average Bonchev–Trinajstić information content (AvgIpc) is 3.09. The van der Waals surface area contributed by atoms with Crippen LogP contribution < -0.4 is 10.6 Å². The number of nitrogens with one attached hydrogen (secondary N) is 2. The van der Waals surface area contributed by atoms with Crippen LogP contribution >= 0.6 is 0 Å². The highest BCUT2D eigenvalue weighted by Crippen LogP contribution is 2.39. The van der Waals surface area contributed by atoms with Crippen molar-refractivity contribution >= 4 is 6.03 Å². The van der Waals surface area contributed by atoms with Gasteiger partial charge in [-0.25, -0.2) is 4.79 Å². The van der Waals surface area contributed by atoms with Crippen molar-refractivity contribution in [2.75, 3.05) is 19.8 Å². The van der Waals surface area contributed by atoms with E-state index in [2.05, 4.69) is 10.6 Å². The van der Waals surface area contributed by atoms with Crippen LogP contribution in [0.4, 0.5) is 4.79 Å². The highest BCUT2D eigenvalue weighted by Gasteiger charge is 2.42. The zero-order valence-corrected chi connectivity index (χ0v) is 11.1. The molecular formula is C13H24N2O3. The smallest absolute Gasteiger partial charge is 0.315 e. The maximum absolute atomic E-state index is 11.7. The van der Waals surface area contributed by atoms with E-state index in [1.807, 2.05) is 6.92 Å². The Balaban J connectivity index is 1.64. The molecule has 5 heteroatoms. The van der Waals surface area contributed by atoms with Crippen LogP contribution in [0.3, 0.4) is 0 Å². The second-order valence-corrected chi connectivity index (χ2v) is 5.65. The van der Waals surface area contributed by atoms with Gasteiger partial charge in [0.15, 0.2) is 0 Å². The molecule has 3 N–H and O–H groups in total. The highest BCUT2D eigenvalue weighted by molar-refractivity contribution is 5.74. The molecule has 5 nitrogen and oxygen atoms in total. The predicted molar refractivity (Wildman–Crippen MR) is 68.3 cm³/mol. The molecule has 0 aromatic carbocycles. The molecular weight excluding hydrogens is 232 g/mol. The molecule has 2 amide bonds. The first kappa shape index (κ1) is 13.6. The molecule has 0 aromatic rings. The lowest BCUT2D eigenvalue weighted by Gasteiger charge is -2.28. The minimum absolute atomic E-state index is 0.00315. The quantitative estimate of drug-likeness (QED) is 0.664. The fourth-order valence-electron chi connectivity index (χ4n) is 2.51. The van der Waals surface area contributed by atoms with Crippen molar-refractivity contribution in [3.05, 3.63) is 0 Å². The first-order valence-electron chi connectivity index (χ1n) is 6.92. The molecule has 2 rings (SSSR count). The minimum Gasteiger partial charge on any atom is -0.394 e. The Morgan fingerprint density at radius 2 is 2.22 bits per heavy atom. The number of aliphatic hydroxyl groups is 1. The van der Waals surface area contributed by atoms with Crippen molar-refractivity contribution in [1.29, 1.82) is 0 Å². The van der Waals surface area contributed by atoms with Crippen LogP contribution in [0.2, 0.25) is 0 Å². The topological polar surface area (TPSA) is 70.6 Å². The van der Waals surface area contributed by atoms with Gasteiger partial charge in [-0.1, -0.05) is 0 Å². The number of amides is 2. The lowest BCUT2D eigenvalue weighted by molar-refractivity contribution is 0.104. The average molecular weight is 256 g/mol. The van der Waals surface area contributed by atoms with Crippen LogP contribution in [0, 0.1) is 5.92 Å². The van der Waals surface area contributed by atoms with Crippen molar-refractivity contribution in [3.63, 3.8) is 0 Å². The summed E-state index contributed by atoms with van der Waals surface area (Å²) in [5.74, 6) is 0.423. The van der Waals surface area contributed by atoms with Gasteiger partial charge in [-0.15, -0.1) is 0 Å². The summed E-state index contributed by atoms with van der Waals surface area (Å²) in [6.07, 6.45) is 5.58.